The number of hydrogen-bond donors (Lipinski definition) is 1. The van der Waals surface area contributed by atoms with Gasteiger partial charge in [0.15, 0.2) is 0 Å². The van der Waals surface area contributed by atoms with E-state index in [-0.39, 0.29) is 30.4 Å². The molecule has 1 heterocycles. The number of sulfonamides is 1. The summed E-state index contributed by atoms with van der Waals surface area (Å²) >= 11 is 0. The van der Waals surface area contributed by atoms with Gasteiger partial charge in [-0.05, 0) is 24.1 Å². The van der Waals surface area contributed by atoms with Crippen molar-refractivity contribution in [2.24, 2.45) is 0 Å². The largest absolute Gasteiger partial charge is 0.469 e. The number of benzene rings is 1. The van der Waals surface area contributed by atoms with E-state index in [1.165, 1.54) is 23.5 Å². The summed E-state index contributed by atoms with van der Waals surface area (Å²) in [5.74, 6) is -0.374. The van der Waals surface area contributed by atoms with Crippen LogP contribution < -0.4 is 0 Å². The van der Waals surface area contributed by atoms with E-state index in [2.05, 4.69) is 4.74 Å². The zero-order valence-corrected chi connectivity index (χ0v) is 12.9. The lowest BCUT2D eigenvalue weighted by atomic mass is 9.94. The minimum Gasteiger partial charge on any atom is -0.469 e. The van der Waals surface area contributed by atoms with Gasteiger partial charge in [0.2, 0.25) is 10.0 Å². The van der Waals surface area contributed by atoms with Gasteiger partial charge in [-0.3, -0.25) is 4.79 Å². The minimum atomic E-state index is -3.58. The molecule has 0 spiro atoms. The van der Waals surface area contributed by atoms with Crippen LogP contribution in [0.25, 0.3) is 0 Å². The van der Waals surface area contributed by atoms with Crippen LogP contribution in [-0.4, -0.2) is 49.6 Å². The Labute approximate surface area is 124 Å². The molecule has 0 aromatic heterocycles. The highest BCUT2D eigenvalue weighted by atomic mass is 32.2. The first-order valence-corrected chi connectivity index (χ1v) is 8.13. The maximum Gasteiger partial charge on any atom is 0.309 e. The Hall–Kier alpha value is -1.44. The standard InChI is InChI=1S/C14H19NO5S/c1-3-14(17)9-15(10-14)21(18,19)12-6-4-11(5-7-12)8-13(16)20-2/h4-7,17H,3,8-10H2,1-2H3. The van der Waals surface area contributed by atoms with Crippen LogP contribution in [-0.2, 0) is 26.0 Å². The number of aliphatic hydroxyl groups is 1. The number of carbonyl (C=O) groups excluding carboxylic acids is 1. The maximum atomic E-state index is 12.3. The van der Waals surface area contributed by atoms with Gasteiger partial charge in [0.05, 0.1) is 24.0 Å². The third-order valence-electron chi connectivity index (χ3n) is 3.74. The first kappa shape index (κ1) is 15.9. The second-order valence-corrected chi connectivity index (χ2v) is 7.19. The Morgan fingerprint density at radius 1 is 1.33 bits per heavy atom. The average molecular weight is 313 g/mol. The third kappa shape index (κ3) is 3.25. The van der Waals surface area contributed by atoms with Crippen LogP contribution in [0.3, 0.4) is 0 Å². The van der Waals surface area contributed by atoms with Crippen molar-refractivity contribution in [3.63, 3.8) is 0 Å². The van der Waals surface area contributed by atoms with Crippen LogP contribution >= 0.6 is 0 Å². The number of rotatable bonds is 5. The number of ether oxygens (including phenoxy) is 1. The molecule has 7 heteroatoms. The predicted octanol–water partition coefficient (Wildman–Crippen LogP) is 0.547. The summed E-state index contributed by atoms with van der Waals surface area (Å²) < 4.78 is 30.5. The fraction of sp³-hybridized carbons (Fsp3) is 0.500. The summed E-state index contributed by atoms with van der Waals surface area (Å²) in [6.07, 6.45) is 0.632. The fourth-order valence-electron chi connectivity index (χ4n) is 2.17. The SMILES string of the molecule is CCC1(O)CN(S(=O)(=O)c2ccc(CC(=O)OC)cc2)C1. The van der Waals surface area contributed by atoms with Gasteiger partial charge >= 0.3 is 5.97 Å². The van der Waals surface area contributed by atoms with E-state index in [9.17, 15) is 18.3 Å². The molecular formula is C14H19NO5S. The van der Waals surface area contributed by atoms with Gasteiger partial charge in [-0.25, -0.2) is 8.42 Å². The third-order valence-corrected chi connectivity index (χ3v) is 5.54. The lowest BCUT2D eigenvalue weighted by Crippen LogP contribution is -2.62. The monoisotopic (exact) mass is 313 g/mol. The molecule has 2 rings (SSSR count). The molecule has 1 N–H and O–H groups in total. The van der Waals surface area contributed by atoms with Crippen molar-refractivity contribution in [2.75, 3.05) is 20.2 Å². The molecule has 0 radical (unpaired) electrons. The molecule has 0 bridgehead atoms. The molecule has 116 valence electrons. The highest BCUT2D eigenvalue weighted by molar-refractivity contribution is 7.89. The second-order valence-electron chi connectivity index (χ2n) is 5.25. The summed E-state index contributed by atoms with van der Waals surface area (Å²) in [6.45, 7) is 2.07. The van der Waals surface area contributed by atoms with Crippen molar-refractivity contribution in [3.8, 4) is 0 Å². The molecule has 1 aliphatic rings. The van der Waals surface area contributed by atoms with Crippen molar-refractivity contribution in [1.82, 2.24) is 4.31 Å². The van der Waals surface area contributed by atoms with Gasteiger partial charge in [0, 0.05) is 13.1 Å². The van der Waals surface area contributed by atoms with Gasteiger partial charge in [0.1, 0.15) is 0 Å². The number of carbonyl (C=O) groups is 1. The molecule has 0 atom stereocenters. The quantitative estimate of drug-likeness (QED) is 0.803. The number of hydrogen-bond acceptors (Lipinski definition) is 5. The normalized spacial score (nSPS) is 18.0. The summed E-state index contributed by atoms with van der Waals surface area (Å²) in [7, 11) is -2.27. The first-order chi connectivity index (χ1) is 9.80. The van der Waals surface area contributed by atoms with Crippen LogP contribution in [0.1, 0.15) is 18.9 Å². The van der Waals surface area contributed by atoms with Gasteiger partial charge in [-0.1, -0.05) is 19.1 Å². The Balaban J connectivity index is 2.10. The summed E-state index contributed by atoms with van der Waals surface area (Å²) in [4.78, 5) is 11.3. The molecule has 21 heavy (non-hydrogen) atoms. The lowest BCUT2D eigenvalue weighted by Gasteiger charge is -2.44. The fourth-order valence-corrected chi connectivity index (χ4v) is 3.77. The number of esters is 1. The Morgan fingerprint density at radius 3 is 2.38 bits per heavy atom. The predicted molar refractivity (Wildman–Crippen MR) is 76.2 cm³/mol. The maximum absolute atomic E-state index is 12.3. The molecule has 0 unspecified atom stereocenters. The molecule has 0 aliphatic carbocycles. The summed E-state index contributed by atoms with van der Waals surface area (Å²) in [5.41, 5.74) is -0.216. The van der Waals surface area contributed by atoms with Crippen molar-refractivity contribution in [1.29, 1.82) is 0 Å². The van der Waals surface area contributed by atoms with Gasteiger partial charge in [0.25, 0.3) is 0 Å². The van der Waals surface area contributed by atoms with Crippen LogP contribution in [0.15, 0.2) is 29.2 Å². The number of methoxy groups -OCH3 is 1. The van der Waals surface area contributed by atoms with E-state index in [0.717, 1.165) is 0 Å². The van der Waals surface area contributed by atoms with Gasteiger partial charge in [-0.2, -0.15) is 4.31 Å². The second kappa shape index (κ2) is 5.75. The Kier molecular flexibility index (Phi) is 4.36. The van der Waals surface area contributed by atoms with E-state index in [0.29, 0.717) is 12.0 Å². The molecule has 1 aromatic carbocycles. The minimum absolute atomic E-state index is 0.107. The number of β-amino-alcohol motifs (C(OH)–C–C–N with tert-alkyl or cyclic N) is 1. The van der Waals surface area contributed by atoms with Gasteiger partial charge in [-0.15, -0.1) is 0 Å². The molecule has 0 amide bonds. The van der Waals surface area contributed by atoms with Crippen molar-refractivity contribution in [2.45, 2.75) is 30.3 Å². The van der Waals surface area contributed by atoms with Crippen molar-refractivity contribution < 1.29 is 23.1 Å². The highest BCUT2D eigenvalue weighted by Crippen LogP contribution is 2.30. The van der Waals surface area contributed by atoms with Crippen molar-refractivity contribution >= 4 is 16.0 Å². The lowest BCUT2D eigenvalue weighted by molar-refractivity contribution is -0.139. The van der Waals surface area contributed by atoms with Crippen LogP contribution in [0.5, 0.6) is 0 Å². The Bertz CT molecular complexity index is 617. The number of nitrogens with zero attached hydrogens (tertiary/aromatic N) is 1. The molecule has 1 fully saturated rings. The molecule has 6 nitrogen and oxygen atoms in total. The zero-order valence-electron chi connectivity index (χ0n) is 12.1. The molecule has 1 saturated heterocycles. The molecule has 1 aliphatic heterocycles. The van der Waals surface area contributed by atoms with E-state index in [1.54, 1.807) is 12.1 Å². The van der Waals surface area contributed by atoms with Crippen LogP contribution in [0, 0.1) is 0 Å². The van der Waals surface area contributed by atoms with Crippen LogP contribution in [0.2, 0.25) is 0 Å². The average Bonchev–Trinajstić information content (AvgIpc) is 2.44. The smallest absolute Gasteiger partial charge is 0.309 e. The molecule has 0 saturated carbocycles. The summed E-state index contributed by atoms with van der Waals surface area (Å²) in [5, 5.41) is 9.91. The summed E-state index contributed by atoms with van der Waals surface area (Å²) in [6, 6.07) is 6.12. The van der Waals surface area contributed by atoms with E-state index in [1.807, 2.05) is 6.92 Å². The molecule has 1 aromatic rings. The van der Waals surface area contributed by atoms with E-state index < -0.39 is 15.6 Å². The van der Waals surface area contributed by atoms with Crippen molar-refractivity contribution in [3.05, 3.63) is 29.8 Å². The zero-order chi connectivity index (χ0) is 15.7. The highest BCUT2D eigenvalue weighted by Gasteiger charge is 2.45. The van der Waals surface area contributed by atoms with Gasteiger partial charge < -0.3 is 9.84 Å². The topological polar surface area (TPSA) is 83.9 Å². The first-order valence-electron chi connectivity index (χ1n) is 6.69. The molecular weight excluding hydrogens is 294 g/mol. The Morgan fingerprint density at radius 2 is 1.90 bits per heavy atom. The van der Waals surface area contributed by atoms with E-state index >= 15 is 0 Å². The van der Waals surface area contributed by atoms with E-state index in [4.69, 9.17) is 0 Å². The van der Waals surface area contributed by atoms with Crippen LogP contribution in [0.4, 0.5) is 0 Å².